The molecule has 4 rings (SSSR count). The second-order valence-electron chi connectivity index (χ2n) is 6.94. The van der Waals surface area contributed by atoms with Crippen molar-refractivity contribution < 1.29 is 9.53 Å². The van der Waals surface area contributed by atoms with Crippen molar-refractivity contribution in [3.63, 3.8) is 0 Å². The second kappa shape index (κ2) is 8.97. The molecule has 0 saturated heterocycles. The number of fused-ring (bicyclic) bond motifs is 1. The number of methoxy groups -OCH3 is 1. The molecule has 0 bridgehead atoms. The molecule has 0 radical (unpaired) electrons. The van der Waals surface area contributed by atoms with E-state index in [1.807, 2.05) is 78.9 Å². The lowest BCUT2D eigenvalue weighted by atomic mass is 10.0. The van der Waals surface area contributed by atoms with Crippen LogP contribution >= 0.6 is 11.6 Å². The van der Waals surface area contributed by atoms with Crippen LogP contribution in [0.25, 0.3) is 22.2 Å². The van der Waals surface area contributed by atoms with E-state index in [1.54, 1.807) is 7.11 Å². The number of carbonyl (C=O) groups is 1. The molecule has 30 heavy (non-hydrogen) atoms. The van der Waals surface area contributed by atoms with Gasteiger partial charge in [-0.2, -0.15) is 0 Å². The van der Waals surface area contributed by atoms with Gasteiger partial charge in [0.25, 0.3) is 5.91 Å². The highest BCUT2D eigenvalue weighted by Crippen LogP contribution is 2.27. The minimum absolute atomic E-state index is 0.125. The highest BCUT2D eigenvalue weighted by atomic mass is 35.5. The van der Waals surface area contributed by atoms with Crippen LogP contribution in [0.4, 0.5) is 0 Å². The minimum atomic E-state index is -0.125. The maximum atomic E-state index is 13.0. The summed E-state index contributed by atoms with van der Waals surface area (Å²) in [6.45, 7) is 0.518. The van der Waals surface area contributed by atoms with Gasteiger partial charge < -0.3 is 10.1 Å². The maximum absolute atomic E-state index is 13.0. The zero-order valence-corrected chi connectivity index (χ0v) is 17.3. The van der Waals surface area contributed by atoms with Crippen LogP contribution in [0.2, 0.25) is 5.02 Å². The SMILES string of the molecule is COc1cccc(-c2cc(C(=O)NCCc3cccc(Cl)c3)c3ccccc3n2)c1. The highest BCUT2D eigenvalue weighted by molar-refractivity contribution is 6.30. The molecule has 1 amide bonds. The quantitative estimate of drug-likeness (QED) is 0.449. The Morgan fingerprint density at radius 1 is 1.00 bits per heavy atom. The summed E-state index contributed by atoms with van der Waals surface area (Å²) in [5.74, 6) is 0.620. The predicted molar refractivity (Wildman–Crippen MR) is 121 cm³/mol. The fraction of sp³-hybridized carbons (Fsp3) is 0.120. The standard InChI is InChI=1S/C25H21ClN2O2/c1-30-20-9-5-7-18(15-20)24-16-22(21-10-2-3-11-23(21)28-24)25(29)27-13-12-17-6-4-8-19(26)14-17/h2-11,14-16H,12-13H2,1H3,(H,27,29). The lowest BCUT2D eigenvalue weighted by Crippen LogP contribution is -2.26. The van der Waals surface area contributed by atoms with Crippen LogP contribution in [0.1, 0.15) is 15.9 Å². The minimum Gasteiger partial charge on any atom is -0.497 e. The molecule has 0 aliphatic rings. The number of para-hydroxylation sites is 1. The summed E-state index contributed by atoms with van der Waals surface area (Å²) in [5, 5.41) is 4.55. The van der Waals surface area contributed by atoms with Crippen molar-refractivity contribution in [3.05, 3.63) is 95.0 Å². The molecule has 0 unspecified atom stereocenters. The largest absolute Gasteiger partial charge is 0.497 e. The van der Waals surface area contributed by atoms with E-state index in [1.165, 1.54) is 0 Å². The zero-order chi connectivity index (χ0) is 20.9. The molecule has 3 aromatic carbocycles. The number of benzene rings is 3. The number of nitrogens with zero attached hydrogens (tertiary/aromatic N) is 1. The van der Waals surface area contributed by atoms with E-state index in [0.717, 1.165) is 33.5 Å². The van der Waals surface area contributed by atoms with Crippen molar-refractivity contribution >= 4 is 28.4 Å². The van der Waals surface area contributed by atoms with E-state index in [0.29, 0.717) is 23.6 Å². The Kier molecular flexibility index (Phi) is 5.96. The van der Waals surface area contributed by atoms with Gasteiger partial charge in [-0.25, -0.2) is 4.98 Å². The van der Waals surface area contributed by atoms with Gasteiger partial charge in [0.1, 0.15) is 5.75 Å². The fourth-order valence-electron chi connectivity index (χ4n) is 3.40. The molecular weight excluding hydrogens is 396 g/mol. The molecule has 0 atom stereocenters. The fourth-order valence-corrected chi connectivity index (χ4v) is 3.61. The molecule has 0 aliphatic heterocycles. The Morgan fingerprint density at radius 3 is 2.67 bits per heavy atom. The Bertz CT molecular complexity index is 1210. The molecule has 1 heterocycles. The molecule has 1 N–H and O–H groups in total. The number of hydrogen-bond acceptors (Lipinski definition) is 3. The van der Waals surface area contributed by atoms with Gasteiger partial charge in [-0.3, -0.25) is 4.79 Å². The van der Waals surface area contributed by atoms with Gasteiger partial charge in [0.15, 0.2) is 0 Å². The molecular formula is C25H21ClN2O2. The number of rotatable bonds is 6. The Balaban J connectivity index is 1.62. The first-order valence-electron chi connectivity index (χ1n) is 9.71. The first kappa shape index (κ1) is 19.9. The van der Waals surface area contributed by atoms with E-state index in [2.05, 4.69) is 5.32 Å². The van der Waals surface area contributed by atoms with E-state index >= 15 is 0 Å². The zero-order valence-electron chi connectivity index (χ0n) is 16.6. The first-order chi connectivity index (χ1) is 14.6. The number of hydrogen-bond donors (Lipinski definition) is 1. The monoisotopic (exact) mass is 416 g/mol. The van der Waals surface area contributed by atoms with Crippen molar-refractivity contribution in [2.75, 3.05) is 13.7 Å². The average Bonchev–Trinajstić information content (AvgIpc) is 2.78. The molecule has 0 saturated carbocycles. The van der Waals surface area contributed by atoms with E-state index in [-0.39, 0.29) is 5.91 Å². The third-order valence-electron chi connectivity index (χ3n) is 4.91. The molecule has 5 heteroatoms. The third kappa shape index (κ3) is 4.44. The summed E-state index contributed by atoms with van der Waals surface area (Å²) in [5.41, 5.74) is 4.09. The van der Waals surface area contributed by atoms with Gasteiger partial charge in [0.2, 0.25) is 0 Å². The number of aromatic nitrogens is 1. The van der Waals surface area contributed by atoms with Crippen LogP contribution in [0.3, 0.4) is 0 Å². The Labute approximate surface area is 180 Å². The number of carbonyl (C=O) groups excluding carboxylic acids is 1. The highest BCUT2D eigenvalue weighted by Gasteiger charge is 2.14. The third-order valence-corrected chi connectivity index (χ3v) is 5.15. The van der Waals surface area contributed by atoms with Crippen molar-refractivity contribution in [3.8, 4) is 17.0 Å². The molecule has 1 aromatic heterocycles. The molecule has 150 valence electrons. The number of pyridine rings is 1. The predicted octanol–water partition coefficient (Wildman–Crippen LogP) is 5.54. The van der Waals surface area contributed by atoms with Gasteiger partial charge in [-0.05, 0) is 48.4 Å². The van der Waals surface area contributed by atoms with Crippen LogP contribution in [0, 0.1) is 0 Å². The van der Waals surface area contributed by atoms with Crippen molar-refractivity contribution in [2.24, 2.45) is 0 Å². The summed E-state index contributed by atoms with van der Waals surface area (Å²) >= 11 is 6.04. The molecule has 4 nitrogen and oxygen atoms in total. The van der Waals surface area contributed by atoms with Gasteiger partial charge >= 0.3 is 0 Å². The lowest BCUT2D eigenvalue weighted by molar-refractivity contribution is 0.0956. The van der Waals surface area contributed by atoms with Gasteiger partial charge in [0, 0.05) is 22.5 Å². The Morgan fingerprint density at radius 2 is 1.83 bits per heavy atom. The summed E-state index contributed by atoms with van der Waals surface area (Å²) < 4.78 is 5.33. The van der Waals surface area contributed by atoms with Crippen molar-refractivity contribution in [1.82, 2.24) is 10.3 Å². The summed E-state index contributed by atoms with van der Waals surface area (Å²) in [6, 6.07) is 24.9. The second-order valence-corrected chi connectivity index (χ2v) is 7.38. The van der Waals surface area contributed by atoms with Crippen LogP contribution in [-0.4, -0.2) is 24.5 Å². The van der Waals surface area contributed by atoms with Crippen molar-refractivity contribution in [1.29, 1.82) is 0 Å². The topological polar surface area (TPSA) is 51.2 Å². The summed E-state index contributed by atoms with van der Waals surface area (Å²) in [7, 11) is 1.63. The van der Waals surface area contributed by atoms with E-state index in [4.69, 9.17) is 21.3 Å². The van der Waals surface area contributed by atoms with Crippen molar-refractivity contribution in [2.45, 2.75) is 6.42 Å². The summed E-state index contributed by atoms with van der Waals surface area (Å²) in [4.78, 5) is 17.8. The normalized spacial score (nSPS) is 10.7. The smallest absolute Gasteiger partial charge is 0.252 e. The first-order valence-corrected chi connectivity index (χ1v) is 10.1. The van der Waals surface area contributed by atoms with Gasteiger partial charge in [-0.15, -0.1) is 0 Å². The van der Waals surface area contributed by atoms with E-state index < -0.39 is 0 Å². The molecule has 0 aliphatic carbocycles. The van der Waals surface area contributed by atoms with Gasteiger partial charge in [-0.1, -0.05) is 54.1 Å². The van der Waals surface area contributed by atoms with Crippen LogP contribution < -0.4 is 10.1 Å². The number of amides is 1. The number of nitrogens with one attached hydrogen (secondary N) is 1. The number of halogens is 1. The van der Waals surface area contributed by atoms with Crippen LogP contribution in [0.5, 0.6) is 5.75 Å². The maximum Gasteiger partial charge on any atom is 0.252 e. The van der Waals surface area contributed by atoms with E-state index in [9.17, 15) is 4.79 Å². The van der Waals surface area contributed by atoms with Crippen LogP contribution in [-0.2, 0) is 6.42 Å². The molecule has 4 aromatic rings. The molecule has 0 fully saturated rings. The lowest BCUT2D eigenvalue weighted by Gasteiger charge is -2.11. The molecule has 0 spiro atoms. The van der Waals surface area contributed by atoms with Gasteiger partial charge in [0.05, 0.1) is 23.9 Å². The Hall–Kier alpha value is -3.37. The summed E-state index contributed by atoms with van der Waals surface area (Å²) in [6.07, 6.45) is 0.706. The number of ether oxygens (including phenoxy) is 1. The average molecular weight is 417 g/mol. The van der Waals surface area contributed by atoms with Crippen LogP contribution in [0.15, 0.2) is 78.9 Å².